The Bertz CT molecular complexity index is 987. The zero-order valence-electron chi connectivity index (χ0n) is 19.9. The van der Waals surface area contributed by atoms with Crippen LogP contribution in [0.1, 0.15) is 31.9 Å². The van der Waals surface area contributed by atoms with E-state index in [2.05, 4.69) is 34.3 Å². The van der Waals surface area contributed by atoms with E-state index in [-0.39, 0.29) is 6.42 Å². The van der Waals surface area contributed by atoms with Crippen LogP contribution in [0.15, 0.2) is 42.5 Å². The smallest absolute Gasteiger partial charge is 0.408 e. The molecule has 1 atom stereocenters. The molecule has 0 spiro atoms. The molecule has 2 aromatic rings. The summed E-state index contributed by atoms with van der Waals surface area (Å²) in [4.78, 5) is 16.7. The first-order valence-electron chi connectivity index (χ1n) is 11.3. The third-order valence-electron chi connectivity index (χ3n) is 5.61. The van der Waals surface area contributed by atoms with E-state index in [1.807, 2.05) is 24.3 Å². The molecular formula is C26H33FN4O2. The Labute approximate surface area is 195 Å². The number of nitrogens with zero attached hydrogens (tertiary/aromatic N) is 3. The van der Waals surface area contributed by atoms with Gasteiger partial charge in [0, 0.05) is 39.1 Å². The maximum atomic E-state index is 14.8. The van der Waals surface area contributed by atoms with Gasteiger partial charge in [-0.15, -0.1) is 0 Å². The van der Waals surface area contributed by atoms with E-state index in [0.717, 1.165) is 43.9 Å². The normalized spacial score (nSPS) is 16.1. The maximum Gasteiger partial charge on any atom is 0.408 e. The molecule has 0 aliphatic carbocycles. The summed E-state index contributed by atoms with van der Waals surface area (Å²) < 4.78 is 20.0. The lowest BCUT2D eigenvalue weighted by Gasteiger charge is -2.32. The van der Waals surface area contributed by atoms with Crippen LogP contribution in [0.25, 0.3) is 11.1 Å². The number of benzene rings is 2. The average molecular weight is 453 g/mol. The number of ether oxygens (including phenoxy) is 1. The molecule has 3 rings (SSSR count). The van der Waals surface area contributed by atoms with Gasteiger partial charge in [-0.3, -0.25) is 4.90 Å². The van der Waals surface area contributed by atoms with Gasteiger partial charge in [0.25, 0.3) is 0 Å². The highest BCUT2D eigenvalue weighted by Gasteiger charge is 2.20. The SMILES string of the molecule is CN1CCN(Cc2ccc(-c3ccc(CC(C#N)NC(=O)OC(C)(C)C)c(F)c3)cc2)CC1. The van der Waals surface area contributed by atoms with E-state index in [9.17, 15) is 14.4 Å². The molecule has 1 aliphatic rings. The van der Waals surface area contributed by atoms with Crippen molar-refractivity contribution in [3.63, 3.8) is 0 Å². The minimum atomic E-state index is -0.881. The third-order valence-corrected chi connectivity index (χ3v) is 5.61. The van der Waals surface area contributed by atoms with Crippen molar-refractivity contribution in [2.75, 3.05) is 33.2 Å². The lowest BCUT2D eigenvalue weighted by molar-refractivity contribution is 0.0515. The van der Waals surface area contributed by atoms with Crippen LogP contribution in [0.3, 0.4) is 0 Å². The summed E-state index contributed by atoms with van der Waals surface area (Å²) in [6, 6.07) is 14.3. The van der Waals surface area contributed by atoms with Gasteiger partial charge in [-0.05, 0) is 56.1 Å². The molecule has 6 nitrogen and oxygen atoms in total. The minimum absolute atomic E-state index is 0.0613. The Kier molecular flexibility index (Phi) is 8.06. The first-order chi connectivity index (χ1) is 15.6. The number of nitrogens with one attached hydrogen (secondary N) is 1. The maximum absolute atomic E-state index is 14.8. The van der Waals surface area contributed by atoms with Crippen LogP contribution < -0.4 is 5.32 Å². The number of hydrogen-bond donors (Lipinski definition) is 1. The fourth-order valence-corrected chi connectivity index (χ4v) is 3.76. The summed E-state index contributed by atoms with van der Waals surface area (Å²) in [5, 5.41) is 11.9. The second-order valence-electron chi connectivity index (χ2n) is 9.61. The van der Waals surface area contributed by atoms with Crippen LogP contribution >= 0.6 is 0 Å². The van der Waals surface area contributed by atoms with E-state index >= 15 is 0 Å². The number of likely N-dealkylation sites (N-methyl/N-ethyl adjacent to an activating group) is 1. The van der Waals surface area contributed by atoms with Crippen LogP contribution in [0.2, 0.25) is 0 Å². The molecular weight excluding hydrogens is 419 g/mol. The van der Waals surface area contributed by atoms with Gasteiger partial charge in [0.2, 0.25) is 0 Å². The number of nitriles is 1. The Hall–Kier alpha value is -2.95. The van der Waals surface area contributed by atoms with E-state index in [1.165, 1.54) is 11.6 Å². The second kappa shape index (κ2) is 10.8. The molecule has 176 valence electrons. The highest BCUT2D eigenvalue weighted by Crippen LogP contribution is 2.24. The van der Waals surface area contributed by atoms with Crippen molar-refractivity contribution in [3.05, 3.63) is 59.4 Å². The molecule has 0 radical (unpaired) electrons. The summed E-state index contributed by atoms with van der Waals surface area (Å²) in [7, 11) is 2.15. The van der Waals surface area contributed by atoms with Crippen molar-refractivity contribution in [1.29, 1.82) is 5.26 Å². The summed E-state index contributed by atoms with van der Waals surface area (Å²) in [5.74, 6) is -0.403. The van der Waals surface area contributed by atoms with Crippen molar-refractivity contribution in [3.8, 4) is 17.2 Å². The first kappa shape index (κ1) is 24.7. The molecule has 7 heteroatoms. The highest BCUT2D eigenvalue weighted by molar-refractivity contribution is 5.68. The van der Waals surface area contributed by atoms with Gasteiger partial charge in [0.05, 0.1) is 6.07 Å². The topological polar surface area (TPSA) is 68.6 Å². The fourth-order valence-electron chi connectivity index (χ4n) is 3.76. The summed E-state index contributed by atoms with van der Waals surface area (Å²) in [6.45, 7) is 10.5. The second-order valence-corrected chi connectivity index (χ2v) is 9.61. The Balaban J connectivity index is 1.61. The molecule has 33 heavy (non-hydrogen) atoms. The fraction of sp³-hybridized carbons (Fsp3) is 0.462. The number of piperazine rings is 1. The Morgan fingerprint density at radius 3 is 2.33 bits per heavy atom. The Morgan fingerprint density at radius 2 is 1.76 bits per heavy atom. The number of rotatable bonds is 6. The van der Waals surface area contributed by atoms with E-state index < -0.39 is 23.6 Å². The van der Waals surface area contributed by atoms with Crippen LogP contribution in [0, 0.1) is 17.1 Å². The number of halogens is 1. The summed E-state index contributed by atoms with van der Waals surface area (Å²) in [5.41, 5.74) is 2.65. The molecule has 1 N–H and O–H groups in total. The number of hydrogen-bond acceptors (Lipinski definition) is 5. The van der Waals surface area contributed by atoms with Crippen LogP contribution in [0.5, 0.6) is 0 Å². The molecule has 1 fully saturated rings. The highest BCUT2D eigenvalue weighted by atomic mass is 19.1. The van der Waals surface area contributed by atoms with Gasteiger partial charge in [-0.1, -0.05) is 36.4 Å². The van der Waals surface area contributed by atoms with Crippen molar-refractivity contribution < 1.29 is 13.9 Å². The number of alkyl carbamates (subject to hydrolysis) is 1. The predicted molar refractivity (Wildman–Crippen MR) is 127 cm³/mol. The van der Waals surface area contributed by atoms with E-state index in [1.54, 1.807) is 26.8 Å². The van der Waals surface area contributed by atoms with Crippen molar-refractivity contribution in [1.82, 2.24) is 15.1 Å². The van der Waals surface area contributed by atoms with Gasteiger partial charge in [-0.25, -0.2) is 9.18 Å². The molecule has 1 amide bonds. The van der Waals surface area contributed by atoms with Gasteiger partial charge in [-0.2, -0.15) is 5.26 Å². The molecule has 0 saturated carbocycles. The molecule has 1 unspecified atom stereocenters. The quantitative estimate of drug-likeness (QED) is 0.712. The molecule has 2 aromatic carbocycles. The van der Waals surface area contributed by atoms with Gasteiger partial charge >= 0.3 is 6.09 Å². The zero-order valence-corrected chi connectivity index (χ0v) is 19.9. The minimum Gasteiger partial charge on any atom is -0.444 e. The monoisotopic (exact) mass is 452 g/mol. The molecule has 0 bridgehead atoms. The lowest BCUT2D eigenvalue weighted by atomic mass is 9.99. The summed E-state index contributed by atoms with van der Waals surface area (Å²) in [6.07, 6.45) is -0.631. The molecule has 1 saturated heterocycles. The number of carbonyl (C=O) groups is 1. The van der Waals surface area contributed by atoms with E-state index in [0.29, 0.717) is 5.56 Å². The molecule has 0 aromatic heterocycles. The standard InChI is InChI=1S/C26H33FN4O2/c1-26(2,3)33-25(32)29-23(17-28)15-22-10-9-21(16-24(22)27)20-7-5-19(6-8-20)18-31-13-11-30(4)12-14-31/h5-10,16,23H,11-15,18H2,1-4H3,(H,29,32). The van der Waals surface area contributed by atoms with Gasteiger partial charge < -0.3 is 15.0 Å². The average Bonchev–Trinajstić information content (AvgIpc) is 2.75. The number of carbonyl (C=O) groups excluding carboxylic acids is 1. The molecule has 1 heterocycles. The third kappa shape index (κ3) is 7.55. The van der Waals surface area contributed by atoms with Crippen LogP contribution in [0.4, 0.5) is 9.18 Å². The van der Waals surface area contributed by atoms with E-state index in [4.69, 9.17) is 4.74 Å². The summed E-state index contributed by atoms with van der Waals surface area (Å²) >= 11 is 0. The number of amides is 1. The predicted octanol–water partition coefficient (Wildman–Crippen LogP) is 4.20. The lowest BCUT2D eigenvalue weighted by Crippen LogP contribution is -2.43. The zero-order chi connectivity index (χ0) is 24.0. The van der Waals surface area contributed by atoms with Crippen molar-refractivity contribution in [2.45, 2.75) is 45.4 Å². The first-order valence-corrected chi connectivity index (χ1v) is 11.3. The van der Waals surface area contributed by atoms with Gasteiger partial charge in [0.15, 0.2) is 0 Å². The molecule has 1 aliphatic heterocycles. The Morgan fingerprint density at radius 1 is 1.12 bits per heavy atom. The van der Waals surface area contributed by atoms with Crippen molar-refractivity contribution in [2.24, 2.45) is 0 Å². The largest absolute Gasteiger partial charge is 0.444 e. The van der Waals surface area contributed by atoms with Gasteiger partial charge in [0.1, 0.15) is 17.5 Å². The van der Waals surface area contributed by atoms with Crippen molar-refractivity contribution >= 4 is 6.09 Å². The van der Waals surface area contributed by atoms with Crippen LogP contribution in [-0.2, 0) is 17.7 Å². The van der Waals surface area contributed by atoms with Crippen LogP contribution in [-0.4, -0.2) is 60.8 Å².